The number of nitrogens with zero attached hydrogens (tertiary/aromatic N) is 1. The van der Waals surface area contributed by atoms with Gasteiger partial charge in [0.2, 0.25) is 17.7 Å². The van der Waals surface area contributed by atoms with Gasteiger partial charge in [-0.2, -0.15) is 0 Å². The maximum atomic E-state index is 14.2. The van der Waals surface area contributed by atoms with Crippen LogP contribution in [0.25, 0.3) is 0 Å². The Labute approximate surface area is 230 Å². The van der Waals surface area contributed by atoms with Gasteiger partial charge in [-0.05, 0) is 64.5 Å². The van der Waals surface area contributed by atoms with Crippen molar-refractivity contribution in [2.45, 2.75) is 90.1 Å². The lowest BCUT2D eigenvalue weighted by Crippen LogP contribution is -2.57. The van der Waals surface area contributed by atoms with Crippen molar-refractivity contribution in [3.63, 3.8) is 0 Å². The molecule has 0 saturated heterocycles. The van der Waals surface area contributed by atoms with Crippen molar-refractivity contribution in [2.75, 3.05) is 0 Å². The molecular formula is C30H40N4O5. The fraction of sp³-hybridized carbons (Fsp3) is 0.467. The molecule has 9 nitrogen and oxygen atoms in total. The van der Waals surface area contributed by atoms with E-state index in [-0.39, 0.29) is 24.8 Å². The van der Waals surface area contributed by atoms with E-state index in [1.165, 1.54) is 0 Å². The number of alkyl carbamates (subject to hydrolysis) is 1. The van der Waals surface area contributed by atoms with Crippen molar-refractivity contribution >= 4 is 23.8 Å². The van der Waals surface area contributed by atoms with Gasteiger partial charge in [0.05, 0.1) is 0 Å². The molecule has 2 atom stereocenters. The highest BCUT2D eigenvalue weighted by Crippen LogP contribution is 2.34. The summed E-state index contributed by atoms with van der Waals surface area (Å²) in [5.74, 6) is -1.37. The molecule has 1 saturated carbocycles. The molecule has 0 heterocycles. The smallest absolute Gasteiger partial charge is 0.408 e. The van der Waals surface area contributed by atoms with Crippen LogP contribution in [0.15, 0.2) is 54.6 Å². The van der Waals surface area contributed by atoms with Gasteiger partial charge in [-0.25, -0.2) is 4.79 Å². The van der Waals surface area contributed by atoms with Crippen LogP contribution in [0, 0.1) is 6.92 Å². The zero-order valence-electron chi connectivity index (χ0n) is 23.2. The molecule has 39 heavy (non-hydrogen) atoms. The second kappa shape index (κ2) is 13.3. The predicted molar refractivity (Wildman–Crippen MR) is 148 cm³/mol. The number of ether oxygens (including phenoxy) is 1. The Hall–Kier alpha value is -3.88. The van der Waals surface area contributed by atoms with Crippen LogP contribution in [0.3, 0.4) is 0 Å². The van der Waals surface area contributed by atoms with Crippen molar-refractivity contribution < 1.29 is 23.9 Å². The molecule has 2 unspecified atom stereocenters. The number of hydrogen-bond acceptors (Lipinski definition) is 5. The van der Waals surface area contributed by atoms with Crippen molar-refractivity contribution in [1.82, 2.24) is 15.5 Å². The van der Waals surface area contributed by atoms with Crippen LogP contribution in [0.4, 0.5) is 4.79 Å². The zero-order valence-corrected chi connectivity index (χ0v) is 23.2. The average Bonchev–Trinajstić information content (AvgIpc) is 2.84. The summed E-state index contributed by atoms with van der Waals surface area (Å²) in [6.45, 7) is 7.41. The summed E-state index contributed by atoms with van der Waals surface area (Å²) in [5.41, 5.74) is 7.22. The molecule has 2 aromatic rings. The molecule has 4 N–H and O–H groups in total. The molecule has 1 fully saturated rings. The molecule has 0 aromatic heterocycles. The molecule has 0 spiro atoms. The van der Waals surface area contributed by atoms with Gasteiger partial charge in [-0.15, -0.1) is 0 Å². The summed E-state index contributed by atoms with van der Waals surface area (Å²) in [4.78, 5) is 53.8. The monoisotopic (exact) mass is 536 g/mol. The first-order valence-corrected chi connectivity index (χ1v) is 13.4. The summed E-state index contributed by atoms with van der Waals surface area (Å²) in [6, 6.07) is 14.8. The second-order valence-corrected chi connectivity index (χ2v) is 11.1. The Morgan fingerprint density at radius 2 is 1.67 bits per heavy atom. The number of benzene rings is 2. The van der Waals surface area contributed by atoms with Crippen molar-refractivity contribution in [3.05, 3.63) is 71.3 Å². The molecule has 4 amide bonds. The van der Waals surface area contributed by atoms with Gasteiger partial charge in [0.25, 0.3) is 0 Å². The van der Waals surface area contributed by atoms with Gasteiger partial charge in [-0.1, -0.05) is 60.2 Å². The van der Waals surface area contributed by atoms with E-state index in [1.54, 1.807) is 25.7 Å². The lowest BCUT2D eigenvalue weighted by Gasteiger charge is -2.43. The van der Waals surface area contributed by atoms with E-state index in [4.69, 9.17) is 10.5 Å². The molecule has 0 radical (unpaired) electrons. The van der Waals surface area contributed by atoms with Gasteiger partial charge < -0.3 is 26.0 Å². The number of nitrogens with two attached hydrogens (primary N) is 1. The molecule has 0 bridgehead atoms. The molecule has 9 heteroatoms. The Balaban J connectivity index is 1.96. The molecule has 2 aromatic carbocycles. The summed E-state index contributed by atoms with van der Waals surface area (Å²) in [5, 5.41) is 5.63. The first-order chi connectivity index (χ1) is 18.4. The standard InChI is InChI=1S/C30H40N4O5/c1-20-13-15-22(16-14-20)26(27(36)32-19-21-9-6-5-7-10-21)34(23-11-8-12-23)28(37)24(17-18-25(31)35)33-29(38)39-30(2,3)4/h5-7,9-10,13-16,23-24,26H,8,11-12,17-19H2,1-4H3,(H2,31,35)(H,32,36)(H,33,38). The van der Waals surface area contributed by atoms with E-state index in [2.05, 4.69) is 10.6 Å². The third kappa shape index (κ3) is 8.84. The van der Waals surface area contributed by atoms with Crippen LogP contribution in [-0.4, -0.2) is 46.4 Å². The summed E-state index contributed by atoms with van der Waals surface area (Å²) >= 11 is 0. The van der Waals surface area contributed by atoms with Crippen LogP contribution >= 0.6 is 0 Å². The minimum atomic E-state index is -1.09. The summed E-state index contributed by atoms with van der Waals surface area (Å²) in [6.07, 6.45) is 1.48. The van der Waals surface area contributed by atoms with Crippen LogP contribution in [-0.2, 0) is 25.7 Å². The second-order valence-electron chi connectivity index (χ2n) is 11.1. The molecule has 1 aliphatic rings. The van der Waals surface area contributed by atoms with Crippen LogP contribution in [0.2, 0.25) is 0 Å². The molecule has 210 valence electrons. The van der Waals surface area contributed by atoms with Gasteiger partial charge in [0, 0.05) is 19.0 Å². The maximum absolute atomic E-state index is 14.2. The van der Waals surface area contributed by atoms with E-state index in [0.717, 1.165) is 30.4 Å². The number of amides is 4. The third-order valence-corrected chi connectivity index (χ3v) is 6.62. The van der Waals surface area contributed by atoms with E-state index >= 15 is 0 Å². The lowest BCUT2D eigenvalue weighted by atomic mass is 9.87. The number of carbonyl (C=O) groups is 4. The number of hydrogen-bond donors (Lipinski definition) is 3. The van der Waals surface area contributed by atoms with Crippen LogP contribution in [0.1, 0.15) is 75.6 Å². The van der Waals surface area contributed by atoms with Crippen molar-refractivity contribution in [2.24, 2.45) is 5.73 Å². The van der Waals surface area contributed by atoms with E-state index in [9.17, 15) is 19.2 Å². The number of carbonyl (C=O) groups excluding carboxylic acids is 4. The van der Waals surface area contributed by atoms with E-state index in [0.29, 0.717) is 12.1 Å². The van der Waals surface area contributed by atoms with Gasteiger partial charge in [0.1, 0.15) is 17.7 Å². The molecule has 1 aliphatic carbocycles. The first kappa shape index (κ1) is 29.7. The SMILES string of the molecule is Cc1ccc(C(C(=O)NCc2ccccc2)N(C(=O)C(CCC(N)=O)NC(=O)OC(C)(C)C)C2CCC2)cc1. The molecule has 0 aliphatic heterocycles. The van der Waals surface area contributed by atoms with Crippen LogP contribution < -0.4 is 16.4 Å². The predicted octanol–water partition coefficient (Wildman–Crippen LogP) is 3.89. The number of rotatable bonds is 11. The fourth-order valence-electron chi connectivity index (χ4n) is 4.43. The largest absolute Gasteiger partial charge is 0.444 e. The van der Waals surface area contributed by atoms with E-state index < -0.39 is 35.6 Å². The molecule has 3 rings (SSSR count). The third-order valence-electron chi connectivity index (χ3n) is 6.62. The maximum Gasteiger partial charge on any atom is 0.408 e. The van der Waals surface area contributed by atoms with Crippen LogP contribution in [0.5, 0.6) is 0 Å². The topological polar surface area (TPSA) is 131 Å². The Kier molecular flexibility index (Phi) is 10.1. The van der Waals surface area contributed by atoms with Crippen molar-refractivity contribution in [3.8, 4) is 0 Å². The van der Waals surface area contributed by atoms with Gasteiger partial charge >= 0.3 is 6.09 Å². The fourth-order valence-corrected chi connectivity index (χ4v) is 4.43. The summed E-state index contributed by atoms with van der Waals surface area (Å²) in [7, 11) is 0. The number of nitrogens with one attached hydrogen (secondary N) is 2. The summed E-state index contributed by atoms with van der Waals surface area (Å²) < 4.78 is 5.38. The minimum Gasteiger partial charge on any atom is -0.444 e. The highest BCUT2D eigenvalue weighted by Gasteiger charge is 2.42. The van der Waals surface area contributed by atoms with Gasteiger partial charge in [0.15, 0.2) is 0 Å². The number of aryl methyl sites for hydroxylation is 1. The Morgan fingerprint density at radius 1 is 1.03 bits per heavy atom. The van der Waals surface area contributed by atoms with Gasteiger partial charge in [-0.3, -0.25) is 14.4 Å². The molecular weight excluding hydrogens is 496 g/mol. The highest BCUT2D eigenvalue weighted by atomic mass is 16.6. The Morgan fingerprint density at radius 3 is 2.21 bits per heavy atom. The first-order valence-electron chi connectivity index (χ1n) is 13.4. The highest BCUT2D eigenvalue weighted by molar-refractivity contribution is 5.92. The number of primary amides is 1. The lowest BCUT2D eigenvalue weighted by molar-refractivity contribution is -0.147. The minimum absolute atomic E-state index is 0.0110. The average molecular weight is 537 g/mol. The quantitative estimate of drug-likeness (QED) is 0.401. The zero-order chi connectivity index (χ0) is 28.6. The van der Waals surface area contributed by atoms with Crippen molar-refractivity contribution in [1.29, 1.82) is 0 Å². The normalized spacial score (nSPS) is 14.9. The Bertz CT molecular complexity index is 1140. The van der Waals surface area contributed by atoms with E-state index in [1.807, 2.05) is 61.5 Å².